The van der Waals surface area contributed by atoms with Crippen molar-refractivity contribution in [1.82, 2.24) is 9.97 Å². The summed E-state index contributed by atoms with van der Waals surface area (Å²) in [5.74, 6) is -0.503. The van der Waals surface area contributed by atoms with Crippen molar-refractivity contribution in [3.05, 3.63) is 71.4 Å². The first kappa shape index (κ1) is 15.4. The molecule has 2 N–H and O–H groups in total. The standard InChI is InChI=1S/C16H11F4N3/c17-12-5-1-3-9-7-10(8-23-14(9)12)13(21)15-11(16(18,19)20)4-2-6-22-15/h1-8,13H,21H2/t13-/m0/s1. The van der Waals surface area contributed by atoms with Gasteiger partial charge in [-0.2, -0.15) is 13.2 Å². The van der Waals surface area contributed by atoms with Gasteiger partial charge in [-0.05, 0) is 29.8 Å². The highest BCUT2D eigenvalue weighted by atomic mass is 19.4. The molecule has 1 aromatic carbocycles. The van der Waals surface area contributed by atoms with Crippen molar-refractivity contribution in [2.45, 2.75) is 12.2 Å². The maximum absolute atomic E-state index is 13.6. The van der Waals surface area contributed by atoms with Crippen LogP contribution in [-0.4, -0.2) is 9.97 Å². The molecule has 118 valence electrons. The quantitative estimate of drug-likeness (QED) is 0.730. The molecular formula is C16H11F4N3. The number of aromatic nitrogens is 2. The van der Waals surface area contributed by atoms with E-state index >= 15 is 0 Å². The van der Waals surface area contributed by atoms with Crippen molar-refractivity contribution < 1.29 is 17.6 Å². The van der Waals surface area contributed by atoms with Crippen LogP contribution in [-0.2, 0) is 6.18 Å². The molecule has 0 spiro atoms. The van der Waals surface area contributed by atoms with Crippen LogP contribution >= 0.6 is 0 Å². The normalized spacial score (nSPS) is 13.3. The number of nitrogens with zero attached hydrogens (tertiary/aromatic N) is 2. The van der Waals surface area contributed by atoms with Crippen molar-refractivity contribution in [2.24, 2.45) is 5.73 Å². The smallest absolute Gasteiger partial charge is 0.319 e. The van der Waals surface area contributed by atoms with E-state index in [1.54, 1.807) is 6.07 Å². The molecule has 0 aliphatic heterocycles. The number of para-hydroxylation sites is 1. The van der Waals surface area contributed by atoms with Crippen LogP contribution in [0.5, 0.6) is 0 Å². The fourth-order valence-corrected chi connectivity index (χ4v) is 2.37. The molecule has 0 amide bonds. The van der Waals surface area contributed by atoms with Crippen LogP contribution in [0.3, 0.4) is 0 Å². The van der Waals surface area contributed by atoms with Crippen molar-refractivity contribution in [3.8, 4) is 0 Å². The topological polar surface area (TPSA) is 51.8 Å². The molecule has 2 heterocycles. The van der Waals surface area contributed by atoms with Crippen LogP contribution in [0.1, 0.15) is 22.9 Å². The van der Waals surface area contributed by atoms with Gasteiger partial charge in [0.05, 0.1) is 17.3 Å². The average Bonchev–Trinajstić information content (AvgIpc) is 2.53. The lowest BCUT2D eigenvalue weighted by atomic mass is 10.00. The molecule has 0 saturated heterocycles. The number of fused-ring (bicyclic) bond motifs is 1. The van der Waals surface area contributed by atoms with Crippen molar-refractivity contribution in [2.75, 3.05) is 0 Å². The lowest BCUT2D eigenvalue weighted by molar-refractivity contribution is -0.138. The van der Waals surface area contributed by atoms with E-state index in [2.05, 4.69) is 9.97 Å². The molecule has 0 aliphatic carbocycles. The molecule has 0 aliphatic rings. The molecule has 0 bridgehead atoms. The maximum atomic E-state index is 13.6. The number of halogens is 4. The number of benzene rings is 1. The molecule has 23 heavy (non-hydrogen) atoms. The van der Waals surface area contributed by atoms with E-state index < -0.39 is 23.6 Å². The van der Waals surface area contributed by atoms with E-state index in [0.717, 1.165) is 6.07 Å². The Balaban J connectivity index is 2.09. The summed E-state index contributed by atoms with van der Waals surface area (Å²) in [4.78, 5) is 7.73. The second-order valence-electron chi connectivity index (χ2n) is 4.99. The van der Waals surface area contributed by atoms with Crippen LogP contribution in [0, 0.1) is 5.82 Å². The summed E-state index contributed by atoms with van der Waals surface area (Å²) in [5.41, 5.74) is 5.22. The Kier molecular flexibility index (Phi) is 3.73. The van der Waals surface area contributed by atoms with Gasteiger partial charge in [0, 0.05) is 17.8 Å². The molecule has 3 aromatic rings. The van der Waals surface area contributed by atoms with Crippen LogP contribution < -0.4 is 5.73 Å². The number of nitrogens with two attached hydrogens (primary N) is 1. The van der Waals surface area contributed by atoms with E-state index in [1.165, 1.54) is 36.7 Å². The summed E-state index contributed by atoms with van der Waals surface area (Å²) < 4.78 is 52.8. The van der Waals surface area contributed by atoms with Gasteiger partial charge < -0.3 is 5.73 Å². The van der Waals surface area contributed by atoms with E-state index in [9.17, 15) is 17.6 Å². The van der Waals surface area contributed by atoms with Gasteiger partial charge in [0.15, 0.2) is 0 Å². The number of pyridine rings is 2. The van der Waals surface area contributed by atoms with Gasteiger partial charge in [0.25, 0.3) is 0 Å². The Bertz CT molecular complexity index is 861. The van der Waals surface area contributed by atoms with E-state index in [0.29, 0.717) is 10.9 Å². The zero-order valence-electron chi connectivity index (χ0n) is 11.7. The largest absolute Gasteiger partial charge is 0.418 e. The van der Waals surface area contributed by atoms with Gasteiger partial charge in [-0.15, -0.1) is 0 Å². The average molecular weight is 321 g/mol. The molecule has 3 rings (SSSR count). The molecular weight excluding hydrogens is 310 g/mol. The van der Waals surface area contributed by atoms with Gasteiger partial charge in [0.2, 0.25) is 0 Å². The third-order valence-electron chi connectivity index (χ3n) is 3.48. The molecule has 3 nitrogen and oxygen atoms in total. The third kappa shape index (κ3) is 2.87. The second kappa shape index (κ2) is 5.58. The molecule has 7 heteroatoms. The number of rotatable bonds is 2. The monoisotopic (exact) mass is 321 g/mol. The molecule has 0 unspecified atom stereocenters. The third-order valence-corrected chi connectivity index (χ3v) is 3.48. The summed E-state index contributed by atoms with van der Waals surface area (Å²) >= 11 is 0. The van der Waals surface area contributed by atoms with E-state index in [4.69, 9.17) is 5.73 Å². The lowest BCUT2D eigenvalue weighted by Gasteiger charge is -2.17. The Morgan fingerprint density at radius 1 is 1.04 bits per heavy atom. The highest BCUT2D eigenvalue weighted by Gasteiger charge is 2.35. The summed E-state index contributed by atoms with van der Waals surface area (Å²) in [5, 5.41) is 0.461. The van der Waals surface area contributed by atoms with Gasteiger partial charge in [-0.1, -0.05) is 12.1 Å². The minimum Gasteiger partial charge on any atom is -0.319 e. The molecule has 0 saturated carbocycles. The van der Waals surface area contributed by atoms with Gasteiger partial charge >= 0.3 is 6.18 Å². The molecule has 0 fully saturated rings. The van der Waals surface area contributed by atoms with Gasteiger partial charge in [-0.25, -0.2) is 4.39 Å². The second-order valence-corrected chi connectivity index (χ2v) is 4.99. The predicted octanol–water partition coefficient (Wildman–Crippen LogP) is 3.84. The Morgan fingerprint density at radius 2 is 1.83 bits per heavy atom. The predicted molar refractivity (Wildman–Crippen MR) is 77.0 cm³/mol. The summed E-state index contributed by atoms with van der Waals surface area (Å²) in [6.45, 7) is 0. The first-order valence-corrected chi connectivity index (χ1v) is 6.70. The zero-order chi connectivity index (χ0) is 16.6. The highest BCUT2D eigenvalue weighted by molar-refractivity contribution is 5.79. The summed E-state index contributed by atoms with van der Waals surface area (Å²) in [6.07, 6.45) is -2.04. The highest BCUT2D eigenvalue weighted by Crippen LogP contribution is 2.34. The number of hydrogen-bond acceptors (Lipinski definition) is 3. The zero-order valence-corrected chi connectivity index (χ0v) is 11.7. The summed E-state index contributed by atoms with van der Waals surface area (Å²) in [6, 6.07) is 6.90. The molecule has 0 radical (unpaired) electrons. The lowest BCUT2D eigenvalue weighted by Crippen LogP contribution is -2.20. The van der Waals surface area contributed by atoms with Gasteiger partial charge in [0.1, 0.15) is 11.3 Å². The first-order chi connectivity index (χ1) is 10.9. The van der Waals surface area contributed by atoms with Crippen LogP contribution in [0.25, 0.3) is 10.9 Å². The van der Waals surface area contributed by atoms with E-state index in [-0.39, 0.29) is 11.2 Å². The summed E-state index contributed by atoms with van der Waals surface area (Å²) in [7, 11) is 0. The van der Waals surface area contributed by atoms with Crippen molar-refractivity contribution in [3.63, 3.8) is 0 Å². The first-order valence-electron chi connectivity index (χ1n) is 6.70. The van der Waals surface area contributed by atoms with E-state index in [1.807, 2.05) is 0 Å². The molecule has 2 aromatic heterocycles. The minimum absolute atomic E-state index is 0.139. The van der Waals surface area contributed by atoms with Crippen LogP contribution in [0.4, 0.5) is 17.6 Å². The Hall–Kier alpha value is -2.54. The van der Waals surface area contributed by atoms with Crippen LogP contribution in [0.15, 0.2) is 48.8 Å². The number of hydrogen-bond donors (Lipinski definition) is 1. The Morgan fingerprint density at radius 3 is 2.57 bits per heavy atom. The fourth-order valence-electron chi connectivity index (χ4n) is 2.37. The SMILES string of the molecule is N[C@@H](c1cnc2c(F)cccc2c1)c1ncccc1C(F)(F)F. The van der Waals surface area contributed by atoms with Crippen molar-refractivity contribution in [1.29, 1.82) is 0 Å². The minimum atomic E-state index is -4.56. The Labute approximate surface area is 128 Å². The van der Waals surface area contributed by atoms with Crippen LogP contribution in [0.2, 0.25) is 0 Å². The maximum Gasteiger partial charge on any atom is 0.418 e. The fraction of sp³-hybridized carbons (Fsp3) is 0.125. The number of alkyl halides is 3. The molecule has 1 atom stereocenters. The van der Waals surface area contributed by atoms with Gasteiger partial charge in [-0.3, -0.25) is 9.97 Å². The van der Waals surface area contributed by atoms with Crippen molar-refractivity contribution >= 4 is 10.9 Å².